The molecular weight excluding hydrogens is 450 g/mol. The van der Waals surface area contributed by atoms with Crippen LogP contribution in [0.3, 0.4) is 0 Å². The van der Waals surface area contributed by atoms with Crippen LogP contribution in [-0.4, -0.2) is 14.2 Å². The van der Waals surface area contributed by atoms with Gasteiger partial charge in [-0.05, 0) is 47.3 Å². The van der Waals surface area contributed by atoms with Gasteiger partial charge in [0, 0.05) is 21.7 Å². The van der Waals surface area contributed by atoms with Gasteiger partial charge in [0.2, 0.25) is 0 Å². The maximum absolute atomic E-state index is 14.8. The molecule has 168 valence electrons. The summed E-state index contributed by atoms with van der Waals surface area (Å²) >= 11 is 0. The Bertz CT molecular complexity index is 1660. The Kier molecular flexibility index (Phi) is 4.65. The maximum Gasteiger partial charge on any atom is 0.311 e. The first-order valence-corrected chi connectivity index (χ1v) is 12.4. The monoisotopic (exact) mass is 470 g/mol. The van der Waals surface area contributed by atoms with Crippen molar-refractivity contribution in [3.8, 4) is 28.4 Å². The molecule has 0 aromatic heterocycles. The molecule has 0 saturated heterocycles. The molecule has 1 heterocycles. The molecular formula is C28H20FO4P. The smallest absolute Gasteiger partial charge is 0.311 e. The van der Waals surface area contributed by atoms with Crippen LogP contribution in [0.2, 0.25) is 0 Å². The molecule has 1 aliphatic rings. The van der Waals surface area contributed by atoms with Gasteiger partial charge in [-0.25, -0.2) is 4.39 Å². The highest BCUT2D eigenvalue weighted by Crippen LogP contribution is 2.56. The second-order valence-corrected chi connectivity index (χ2v) is 10.4. The quantitative estimate of drug-likeness (QED) is 0.225. The lowest BCUT2D eigenvalue weighted by Gasteiger charge is -2.30. The second kappa shape index (κ2) is 7.61. The van der Waals surface area contributed by atoms with Crippen LogP contribution in [0.25, 0.3) is 32.7 Å². The van der Waals surface area contributed by atoms with Gasteiger partial charge in [-0.1, -0.05) is 48.5 Å². The SMILES string of the molecule is COc1cc(P2(=O)Oc3ccccc3-c3ccccc32)c(OC)c2cc3c(F)cccc3cc12. The van der Waals surface area contributed by atoms with E-state index >= 15 is 0 Å². The Labute approximate surface area is 196 Å². The summed E-state index contributed by atoms with van der Waals surface area (Å²) in [6, 6.07) is 25.3. The van der Waals surface area contributed by atoms with Crippen molar-refractivity contribution in [2.45, 2.75) is 0 Å². The highest BCUT2D eigenvalue weighted by atomic mass is 31.2. The molecule has 34 heavy (non-hydrogen) atoms. The molecule has 1 unspecified atom stereocenters. The van der Waals surface area contributed by atoms with Crippen LogP contribution < -0.4 is 24.6 Å². The number of ether oxygens (including phenoxy) is 2. The van der Waals surface area contributed by atoms with Gasteiger partial charge in [-0.3, -0.25) is 4.57 Å². The van der Waals surface area contributed by atoms with Crippen LogP contribution in [0.1, 0.15) is 0 Å². The molecule has 0 amide bonds. The Hall–Kier alpha value is -3.82. The molecule has 5 aromatic rings. The van der Waals surface area contributed by atoms with Crippen LogP contribution in [0.5, 0.6) is 17.2 Å². The highest BCUT2D eigenvalue weighted by molar-refractivity contribution is 7.75. The number of halogens is 1. The summed E-state index contributed by atoms with van der Waals surface area (Å²) in [5.74, 6) is 1.08. The lowest BCUT2D eigenvalue weighted by molar-refractivity contribution is 0.412. The first-order valence-electron chi connectivity index (χ1n) is 10.8. The van der Waals surface area contributed by atoms with Crippen LogP contribution in [-0.2, 0) is 4.57 Å². The van der Waals surface area contributed by atoms with E-state index in [-0.39, 0.29) is 5.82 Å². The fraction of sp³-hybridized carbons (Fsp3) is 0.0714. The van der Waals surface area contributed by atoms with Gasteiger partial charge in [0.1, 0.15) is 23.1 Å². The molecule has 0 N–H and O–H groups in total. The summed E-state index contributed by atoms with van der Waals surface area (Å²) in [5, 5.41) is 3.47. The summed E-state index contributed by atoms with van der Waals surface area (Å²) in [5.41, 5.74) is 1.72. The average molecular weight is 470 g/mol. The van der Waals surface area contributed by atoms with E-state index in [0.29, 0.717) is 38.6 Å². The molecule has 0 spiro atoms. The predicted molar refractivity (Wildman–Crippen MR) is 134 cm³/mol. The second-order valence-electron chi connectivity index (χ2n) is 8.15. The Morgan fingerprint density at radius 1 is 0.735 bits per heavy atom. The number of methoxy groups -OCH3 is 2. The normalized spacial score (nSPS) is 16.6. The van der Waals surface area contributed by atoms with Gasteiger partial charge >= 0.3 is 7.37 Å². The van der Waals surface area contributed by atoms with Crippen molar-refractivity contribution >= 4 is 39.5 Å². The van der Waals surface area contributed by atoms with Crippen LogP contribution in [0, 0.1) is 5.82 Å². The molecule has 1 atom stereocenters. The standard InChI is InChI=1S/C28H20FO4P/c1-31-25-16-27(28(32-2)22-15-20-17(14-21(22)25)8-7-11-23(20)29)34(30)26-13-6-4-10-19(26)18-9-3-5-12-24(18)33-34/h3-16H,1-2H3. The molecule has 0 bridgehead atoms. The molecule has 1 aliphatic heterocycles. The van der Waals surface area contributed by atoms with Crippen molar-refractivity contribution in [1.82, 2.24) is 0 Å². The van der Waals surface area contributed by atoms with Crippen molar-refractivity contribution in [3.63, 3.8) is 0 Å². The van der Waals surface area contributed by atoms with E-state index in [9.17, 15) is 8.96 Å². The van der Waals surface area contributed by atoms with Gasteiger partial charge in [0.05, 0.1) is 24.8 Å². The van der Waals surface area contributed by atoms with E-state index in [4.69, 9.17) is 14.0 Å². The summed E-state index contributed by atoms with van der Waals surface area (Å²) in [7, 11) is -0.580. The third-order valence-electron chi connectivity index (χ3n) is 6.34. The highest BCUT2D eigenvalue weighted by Gasteiger charge is 2.41. The summed E-state index contributed by atoms with van der Waals surface area (Å²) in [6.45, 7) is 0. The number of hydrogen-bond acceptors (Lipinski definition) is 4. The fourth-order valence-electron chi connectivity index (χ4n) is 4.78. The zero-order chi connectivity index (χ0) is 23.4. The Morgan fingerprint density at radius 2 is 1.50 bits per heavy atom. The van der Waals surface area contributed by atoms with Crippen LogP contribution in [0.4, 0.5) is 4.39 Å². The van der Waals surface area contributed by atoms with Crippen LogP contribution in [0.15, 0.2) is 84.9 Å². The molecule has 6 rings (SSSR count). The van der Waals surface area contributed by atoms with Gasteiger partial charge in [-0.15, -0.1) is 0 Å². The van der Waals surface area contributed by atoms with Crippen LogP contribution >= 0.6 is 7.37 Å². The maximum atomic E-state index is 14.8. The molecule has 0 radical (unpaired) electrons. The number of benzene rings is 5. The van der Waals surface area contributed by atoms with Crippen molar-refractivity contribution in [2.75, 3.05) is 14.2 Å². The minimum atomic E-state index is -3.66. The third kappa shape index (κ3) is 2.87. The third-order valence-corrected chi connectivity index (χ3v) is 8.79. The minimum Gasteiger partial charge on any atom is -0.496 e. The largest absolute Gasteiger partial charge is 0.496 e. The minimum absolute atomic E-state index is 0.342. The number of para-hydroxylation sites is 1. The van der Waals surface area contributed by atoms with Gasteiger partial charge in [0.25, 0.3) is 0 Å². The number of hydrogen-bond donors (Lipinski definition) is 0. The molecule has 0 fully saturated rings. The lowest BCUT2D eigenvalue weighted by Crippen LogP contribution is -2.26. The van der Waals surface area contributed by atoms with Crippen molar-refractivity contribution in [1.29, 1.82) is 0 Å². The van der Waals surface area contributed by atoms with Crippen molar-refractivity contribution < 1.29 is 23.0 Å². The zero-order valence-corrected chi connectivity index (χ0v) is 19.4. The van der Waals surface area contributed by atoms with Gasteiger partial charge in [0.15, 0.2) is 0 Å². The van der Waals surface area contributed by atoms with Gasteiger partial charge < -0.3 is 14.0 Å². The predicted octanol–water partition coefficient (Wildman–Crippen LogP) is 6.44. The fourth-order valence-corrected chi connectivity index (χ4v) is 7.23. The Balaban J connectivity index is 1.72. The zero-order valence-electron chi connectivity index (χ0n) is 18.5. The number of rotatable bonds is 3. The first-order chi connectivity index (χ1) is 16.5. The first kappa shape index (κ1) is 20.8. The van der Waals surface area contributed by atoms with E-state index < -0.39 is 7.37 Å². The summed E-state index contributed by atoms with van der Waals surface area (Å²) < 4.78 is 47.3. The van der Waals surface area contributed by atoms with Gasteiger partial charge in [-0.2, -0.15) is 0 Å². The lowest BCUT2D eigenvalue weighted by atomic mass is 10.0. The Morgan fingerprint density at radius 3 is 2.29 bits per heavy atom. The van der Waals surface area contributed by atoms with E-state index in [2.05, 4.69) is 0 Å². The molecule has 0 saturated carbocycles. The molecule has 4 nitrogen and oxygen atoms in total. The summed E-state index contributed by atoms with van der Waals surface area (Å²) in [4.78, 5) is 0. The van der Waals surface area contributed by atoms with Crippen molar-refractivity contribution in [3.05, 3.63) is 90.7 Å². The van der Waals surface area contributed by atoms with Crippen molar-refractivity contribution in [2.24, 2.45) is 0 Å². The molecule has 0 aliphatic carbocycles. The summed E-state index contributed by atoms with van der Waals surface area (Å²) in [6.07, 6.45) is 0. The van der Waals surface area contributed by atoms with E-state index in [1.54, 1.807) is 25.3 Å². The number of fused-ring (bicyclic) bond motifs is 5. The van der Waals surface area contributed by atoms with E-state index in [0.717, 1.165) is 21.9 Å². The van der Waals surface area contributed by atoms with E-state index in [1.165, 1.54) is 13.2 Å². The average Bonchev–Trinajstić information content (AvgIpc) is 2.87. The molecule has 5 aromatic carbocycles. The molecule has 6 heteroatoms. The van der Waals surface area contributed by atoms with E-state index in [1.807, 2.05) is 60.7 Å². The topological polar surface area (TPSA) is 44.8 Å².